The van der Waals surface area contributed by atoms with Crippen molar-refractivity contribution in [1.82, 2.24) is 9.88 Å². The van der Waals surface area contributed by atoms with Crippen molar-refractivity contribution in [3.63, 3.8) is 0 Å². The Balaban J connectivity index is 1.69. The highest BCUT2D eigenvalue weighted by atomic mass is 35.5. The van der Waals surface area contributed by atoms with Crippen LogP contribution in [-0.2, 0) is 4.79 Å². The summed E-state index contributed by atoms with van der Waals surface area (Å²) in [6.07, 6.45) is 1.01. The first-order chi connectivity index (χ1) is 13.1. The van der Waals surface area contributed by atoms with Gasteiger partial charge in [-0.15, -0.1) is 0 Å². The summed E-state index contributed by atoms with van der Waals surface area (Å²) in [5.41, 5.74) is 4.66. The quantitative estimate of drug-likeness (QED) is 0.626. The van der Waals surface area contributed by atoms with E-state index in [1.54, 1.807) is 0 Å². The fourth-order valence-corrected chi connectivity index (χ4v) is 4.93. The number of nitrogens with one attached hydrogen (secondary N) is 1. The lowest BCUT2D eigenvalue weighted by molar-refractivity contribution is -0.135. The number of para-hydroxylation sites is 1. The van der Waals surface area contributed by atoms with Gasteiger partial charge in [-0.1, -0.05) is 54.9 Å². The van der Waals surface area contributed by atoms with E-state index in [2.05, 4.69) is 48.0 Å². The molecular weight excluding hydrogens is 356 g/mol. The third kappa shape index (κ3) is 2.60. The molecule has 0 saturated heterocycles. The normalized spacial score (nSPS) is 26.9. The summed E-state index contributed by atoms with van der Waals surface area (Å²) in [6.45, 7) is 4.99. The lowest BCUT2D eigenvalue weighted by atomic mass is 9.83. The maximum absolute atomic E-state index is 13.1. The summed E-state index contributed by atoms with van der Waals surface area (Å²) >= 11 is 6.59. The van der Waals surface area contributed by atoms with E-state index in [0.29, 0.717) is 12.5 Å². The van der Waals surface area contributed by atoms with Gasteiger partial charge in [0.15, 0.2) is 0 Å². The van der Waals surface area contributed by atoms with Crippen LogP contribution in [0, 0.1) is 11.8 Å². The number of carbonyl (C=O) groups is 1. The second-order valence-corrected chi connectivity index (χ2v) is 8.47. The number of amides is 1. The zero-order valence-electron chi connectivity index (χ0n) is 15.6. The van der Waals surface area contributed by atoms with Crippen LogP contribution in [0.15, 0.2) is 48.5 Å². The van der Waals surface area contributed by atoms with E-state index in [4.69, 9.17) is 11.6 Å². The van der Waals surface area contributed by atoms with Crippen LogP contribution in [0.3, 0.4) is 0 Å². The molecular formula is C23H23ClN2O. The Bertz CT molecular complexity index is 1040. The number of nitrogens with zero attached hydrogens (tertiary/aromatic N) is 1. The summed E-state index contributed by atoms with van der Waals surface area (Å²) in [4.78, 5) is 18.8. The van der Waals surface area contributed by atoms with Crippen LogP contribution in [0.2, 0.25) is 5.02 Å². The molecule has 4 atom stereocenters. The number of rotatable bonds is 2. The van der Waals surface area contributed by atoms with Gasteiger partial charge in [-0.3, -0.25) is 4.79 Å². The number of H-pyrrole nitrogens is 1. The SMILES string of the molecule is C[C@@H]1C[C@@H]1C(=O)N1C[C@@H](c2ccccc2Cl)c2c([nH]c3ccccc23)[C@@H]1C. The van der Waals surface area contributed by atoms with Crippen molar-refractivity contribution >= 4 is 28.4 Å². The van der Waals surface area contributed by atoms with Gasteiger partial charge in [0.25, 0.3) is 0 Å². The predicted molar refractivity (Wildman–Crippen MR) is 109 cm³/mol. The molecule has 0 spiro atoms. The zero-order valence-corrected chi connectivity index (χ0v) is 16.3. The minimum Gasteiger partial charge on any atom is -0.356 e. The number of carbonyl (C=O) groups excluding carboxylic acids is 1. The van der Waals surface area contributed by atoms with Crippen molar-refractivity contribution in [3.8, 4) is 0 Å². The van der Waals surface area contributed by atoms with Crippen molar-refractivity contribution in [3.05, 3.63) is 70.4 Å². The van der Waals surface area contributed by atoms with E-state index >= 15 is 0 Å². The van der Waals surface area contributed by atoms with E-state index in [1.807, 2.05) is 24.3 Å². The van der Waals surface area contributed by atoms with Crippen LogP contribution < -0.4 is 0 Å². The summed E-state index contributed by atoms with van der Waals surface area (Å²) in [5, 5.41) is 2.00. The molecule has 1 amide bonds. The third-order valence-electron chi connectivity index (χ3n) is 6.38. The Hall–Kier alpha value is -2.26. The van der Waals surface area contributed by atoms with Gasteiger partial charge >= 0.3 is 0 Å². The van der Waals surface area contributed by atoms with Crippen LogP contribution in [0.4, 0.5) is 0 Å². The highest BCUT2D eigenvalue weighted by Crippen LogP contribution is 2.47. The molecule has 4 heteroatoms. The Morgan fingerprint density at radius 3 is 2.56 bits per heavy atom. The van der Waals surface area contributed by atoms with E-state index in [0.717, 1.165) is 28.2 Å². The number of hydrogen-bond acceptors (Lipinski definition) is 1. The molecule has 3 nitrogen and oxygen atoms in total. The van der Waals surface area contributed by atoms with Crippen LogP contribution in [0.5, 0.6) is 0 Å². The van der Waals surface area contributed by atoms with Gasteiger partial charge in [0.2, 0.25) is 5.91 Å². The number of aromatic amines is 1. The molecule has 3 aromatic rings. The van der Waals surface area contributed by atoms with Crippen LogP contribution >= 0.6 is 11.6 Å². The van der Waals surface area contributed by atoms with Crippen LogP contribution in [-0.4, -0.2) is 22.3 Å². The standard InChI is InChI=1S/C23H23ClN2O/c1-13-11-17(13)23(27)26-12-18(15-7-3-5-9-19(15)24)21-16-8-4-6-10-20(16)25-22(21)14(26)2/h3-10,13-14,17-18,25H,11-12H2,1-2H3/t13-,14+,17+,18+/m1/s1. The molecule has 5 rings (SSSR count). The molecule has 2 heterocycles. The van der Waals surface area contributed by atoms with E-state index in [9.17, 15) is 4.79 Å². The molecule has 2 aliphatic rings. The molecule has 1 aliphatic carbocycles. The Kier molecular flexibility index (Phi) is 3.83. The Morgan fingerprint density at radius 2 is 1.81 bits per heavy atom. The van der Waals surface area contributed by atoms with Gasteiger partial charge in [0.05, 0.1) is 6.04 Å². The Labute approximate surface area is 164 Å². The summed E-state index contributed by atoms with van der Waals surface area (Å²) in [6, 6.07) is 16.5. The maximum atomic E-state index is 13.1. The average molecular weight is 379 g/mol. The molecule has 1 N–H and O–H groups in total. The number of benzene rings is 2. The number of aromatic nitrogens is 1. The molecule has 1 aliphatic heterocycles. The minimum absolute atomic E-state index is 0.0476. The number of hydrogen-bond donors (Lipinski definition) is 1. The Morgan fingerprint density at radius 1 is 1.11 bits per heavy atom. The van der Waals surface area contributed by atoms with Crippen molar-refractivity contribution in [1.29, 1.82) is 0 Å². The van der Waals surface area contributed by atoms with Crippen LogP contribution in [0.25, 0.3) is 10.9 Å². The maximum Gasteiger partial charge on any atom is 0.226 e. The van der Waals surface area contributed by atoms with Crippen LogP contribution in [0.1, 0.15) is 49.0 Å². The first-order valence-electron chi connectivity index (χ1n) is 9.71. The molecule has 2 aromatic carbocycles. The van der Waals surface area contributed by atoms with Crippen molar-refractivity contribution in [2.75, 3.05) is 6.54 Å². The first-order valence-corrected chi connectivity index (χ1v) is 10.1. The van der Waals surface area contributed by atoms with Crippen molar-refractivity contribution < 1.29 is 4.79 Å². The third-order valence-corrected chi connectivity index (χ3v) is 6.72. The second kappa shape index (κ2) is 6.13. The smallest absolute Gasteiger partial charge is 0.226 e. The van der Waals surface area contributed by atoms with E-state index in [-0.39, 0.29) is 23.8 Å². The lowest BCUT2D eigenvalue weighted by Crippen LogP contribution is -2.42. The van der Waals surface area contributed by atoms with Gasteiger partial charge in [-0.25, -0.2) is 0 Å². The molecule has 1 aromatic heterocycles. The van der Waals surface area contributed by atoms with Crippen molar-refractivity contribution in [2.24, 2.45) is 11.8 Å². The topological polar surface area (TPSA) is 36.1 Å². The molecule has 0 unspecified atom stereocenters. The molecule has 0 radical (unpaired) electrons. The highest BCUT2D eigenvalue weighted by Gasteiger charge is 2.45. The molecule has 1 fully saturated rings. The largest absolute Gasteiger partial charge is 0.356 e. The minimum atomic E-state index is 0.0476. The van der Waals surface area contributed by atoms with Gasteiger partial charge in [-0.05, 0) is 42.5 Å². The zero-order chi connectivity index (χ0) is 18.7. The van der Waals surface area contributed by atoms with Gasteiger partial charge in [-0.2, -0.15) is 0 Å². The average Bonchev–Trinajstić information content (AvgIpc) is 3.27. The van der Waals surface area contributed by atoms with E-state index < -0.39 is 0 Å². The lowest BCUT2D eigenvalue weighted by Gasteiger charge is -2.39. The second-order valence-electron chi connectivity index (χ2n) is 8.06. The summed E-state index contributed by atoms with van der Waals surface area (Å²) < 4.78 is 0. The molecule has 27 heavy (non-hydrogen) atoms. The summed E-state index contributed by atoms with van der Waals surface area (Å²) in [5.74, 6) is 1.06. The van der Waals surface area contributed by atoms with E-state index in [1.165, 1.54) is 10.9 Å². The first kappa shape index (κ1) is 16.9. The summed E-state index contributed by atoms with van der Waals surface area (Å²) in [7, 11) is 0. The molecule has 0 bridgehead atoms. The van der Waals surface area contributed by atoms with Gasteiger partial charge in [0.1, 0.15) is 0 Å². The molecule has 1 saturated carbocycles. The predicted octanol–water partition coefficient (Wildman–Crippen LogP) is 5.51. The van der Waals surface area contributed by atoms with Crippen molar-refractivity contribution in [2.45, 2.75) is 32.2 Å². The number of fused-ring (bicyclic) bond motifs is 3. The van der Waals surface area contributed by atoms with Gasteiger partial charge in [0, 0.05) is 40.0 Å². The number of halogens is 1. The fourth-order valence-electron chi connectivity index (χ4n) is 4.66. The van der Waals surface area contributed by atoms with Gasteiger partial charge < -0.3 is 9.88 Å². The fraction of sp³-hybridized carbons (Fsp3) is 0.348. The monoisotopic (exact) mass is 378 g/mol. The highest BCUT2D eigenvalue weighted by molar-refractivity contribution is 6.31. The molecule has 138 valence electrons.